The van der Waals surface area contributed by atoms with Crippen LogP contribution in [0.1, 0.15) is 12.5 Å². The van der Waals surface area contributed by atoms with Crippen molar-refractivity contribution in [2.75, 3.05) is 44.7 Å². The lowest BCUT2D eigenvalue weighted by Crippen LogP contribution is -2.54. The molecule has 1 heterocycles. The van der Waals surface area contributed by atoms with E-state index in [0.717, 1.165) is 37.5 Å². The summed E-state index contributed by atoms with van der Waals surface area (Å²) in [6, 6.07) is 14.3. The molecule has 0 bridgehead atoms. The Morgan fingerprint density at radius 1 is 1.07 bits per heavy atom. The van der Waals surface area contributed by atoms with Gasteiger partial charge in [-0.1, -0.05) is 12.1 Å². The maximum absolute atomic E-state index is 12.9. The second-order valence-electron chi connectivity index (χ2n) is 7.06. The van der Waals surface area contributed by atoms with E-state index in [4.69, 9.17) is 4.74 Å². The first-order valence-electron chi connectivity index (χ1n) is 9.72. The van der Waals surface area contributed by atoms with E-state index >= 15 is 0 Å². The van der Waals surface area contributed by atoms with E-state index in [-0.39, 0.29) is 17.8 Å². The molecule has 1 saturated heterocycles. The van der Waals surface area contributed by atoms with Crippen LogP contribution >= 0.6 is 0 Å². The van der Waals surface area contributed by atoms with Gasteiger partial charge in [-0.3, -0.25) is 9.69 Å². The Bertz CT molecular complexity index is 756. The van der Waals surface area contributed by atoms with E-state index in [1.165, 1.54) is 17.8 Å². The van der Waals surface area contributed by atoms with Crippen molar-refractivity contribution in [2.45, 2.75) is 19.4 Å². The quantitative estimate of drug-likeness (QED) is 0.796. The molecule has 5 nitrogen and oxygen atoms in total. The maximum atomic E-state index is 12.9. The third-order valence-corrected chi connectivity index (χ3v) is 5.31. The minimum Gasteiger partial charge on any atom is -0.497 e. The molecule has 28 heavy (non-hydrogen) atoms. The van der Waals surface area contributed by atoms with Crippen molar-refractivity contribution >= 4 is 11.6 Å². The molecule has 0 radical (unpaired) electrons. The van der Waals surface area contributed by atoms with E-state index in [0.29, 0.717) is 13.0 Å². The van der Waals surface area contributed by atoms with E-state index < -0.39 is 0 Å². The fourth-order valence-electron chi connectivity index (χ4n) is 3.46. The highest BCUT2D eigenvalue weighted by molar-refractivity contribution is 5.81. The van der Waals surface area contributed by atoms with Crippen molar-refractivity contribution in [1.82, 2.24) is 10.2 Å². The largest absolute Gasteiger partial charge is 0.497 e. The molecule has 150 valence electrons. The summed E-state index contributed by atoms with van der Waals surface area (Å²) in [5.41, 5.74) is 2.19. The molecule has 0 aliphatic carbocycles. The van der Waals surface area contributed by atoms with Gasteiger partial charge in [0.2, 0.25) is 5.91 Å². The van der Waals surface area contributed by atoms with Crippen LogP contribution in [0.25, 0.3) is 0 Å². The number of anilines is 1. The Morgan fingerprint density at radius 3 is 2.32 bits per heavy atom. The average Bonchev–Trinajstić information content (AvgIpc) is 2.74. The third kappa shape index (κ3) is 5.23. The van der Waals surface area contributed by atoms with E-state index in [9.17, 15) is 9.18 Å². The Hall–Kier alpha value is -2.60. The van der Waals surface area contributed by atoms with E-state index in [2.05, 4.69) is 27.2 Å². The van der Waals surface area contributed by atoms with Crippen LogP contribution in [0.15, 0.2) is 48.5 Å². The highest BCUT2D eigenvalue weighted by Crippen LogP contribution is 2.21. The van der Waals surface area contributed by atoms with Crippen LogP contribution in [0.3, 0.4) is 0 Å². The zero-order chi connectivity index (χ0) is 19.9. The van der Waals surface area contributed by atoms with Gasteiger partial charge in [0.15, 0.2) is 0 Å². The molecule has 6 heteroatoms. The number of nitrogens with zero attached hydrogens (tertiary/aromatic N) is 2. The molecule has 1 atom stereocenters. The monoisotopic (exact) mass is 385 g/mol. The fourth-order valence-corrected chi connectivity index (χ4v) is 3.46. The predicted molar refractivity (Wildman–Crippen MR) is 109 cm³/mol. The van der Waals surface area contributed by atoms with Crippen molar-refractivity contribution in [2.24, 2.45) is 0 Å². The van der Waals surface area contributed by atoms with Crippen molar-refractivity contribution in [1.29, 1.82) is 0 Å². The number of rotatable bonds is 7. The lowest BCUT2D eigenvalue weighted by molar-refractivity contribution is -0.125. The molecule has 0 saturated carbocycles. The van der Waals surface area contributed by atoms with E-state index in [1.54, 1.807) is 19.2 Å². The third-order valence-electron chi connectivity index (χ3n) is 5.31. The molecule has 1 aliphatic heterocycles. The Balaban J connectivity index is 1.42. The number of amides is 1. The van der Waals surface area contributed by atoms with Gasteiger partial charge in [-0.15, -0.1) is 0 Å². The zero-order valence-electron chi connectivity index (χ0n) is 16.5. The lowest BCUT2D eigenvalue weighted by Gasteiger charge is -2.38. The van der Waals surface area contributed by atoms with Gasteiger partial charge in [-0.25, -0.2) is 4.39 Å². The molecule has 2 aromatic carbocycles. The number of ether oxygens (including phenoxy) is 1. The van der Waals surface area contributed by atoms with Gasteiger partial charge in [0.1, 0.15) is 11.6 Å². The molecule has 0 aromatic heterocycles. The lowest BCUT2D eigenvalue weighted by atomic mass is 10.1. The second-order valence-corrected chi connectivity index (χ2v) is 7.06. The van der Waals surface area contributed by atoms with Crippen LogP contribution in [0.2, 0.25) is 0 Å². The molecule has 1 N–H and O–H groups in total. The molecule has 0 spiro atoms. The Labute approximate surface area is 166 Å². The van der Waals surface area contributed by atoms with Crippen LogP contribution in [-0.4, -0.2) is 56.7 Å². The number of benzene rings is 2. The summed E-state index contributed by atoms with van der Waals surface area (Å²) in [6.45, 7) is 5.98. The van der Waals surface area contributed by atoms with Gasteiger partial charge < -0.3 is 15.0 Å². The predicted octanol–water partition coefficient (Wildman–Crippen LogP) is 2.70. The summed E-state index contributed by atoms with van der Waals surface area (Å²) in [6.07, 6.45) is 0.698. The number of hydrogen-bond acceptors (Lipinski definition) is 4. The van der Waals surface area contributed by atoms with Crippen LogP contribution < -0.4 is 15.0 Å². The minimum absolute atomic E-state index is 0.0417. The molecular formula is C22H28FN3O2. The topological polar surface area (TPSA) is 44.8 Å². The number of carbonyl (C=O) groups is 1. The summed E-state index contributed by atoms with van der Waals surface area (Å²) in [5, 5.41) is 3.00. The van der Waals surface area contributed by atoms with Crippen molar-refractivity contribution in [3.8, 4) is 5.75 Å². The standard InChI is InChI=1S/C22H28FN3O2/c1-17(22(27)24-12-11-18-3-5-19(23)6-4-18)25-13-15-26(16-14-25)20-7-9-21(28-2)10-8-20/h3-10,17H,11-16H2,1-2H3,(H,24,27)/t17-/m0/s1. The number of piperazine rings is 1. The number of carbonyl (C=O) groups excluding carboxylic acids is 1. The molecule has 3 rings (SSSR count). The van der Waals surface area contributed by atoms with Crippen molar-refractivity contribution in [3.05, 3.63) is 59.9 Å². The van der Waals surface area contributed by atoms with Gasteiger partial charge >= 0.3 is 0 Å². The summed E-state index contributed by atoms with van der Waals surface area (Å²) in [7, 11) is 1.67. The molecule has 1 fully saturated rings. The molecule has 1 aliphatic rings. The number of hydrogen-bond donors (Lipinski definition) is 1. The van der Waals surface area contributed by atoms with Crippen LogP contribution in [0, 0.1) is 5.82 Å². The molecule has 0 unspecified atom stereocenters. The van der Waals surface area contributed by atoms with Crippen LogP contribution in [0.4, 0.5) is 10.1 Å². The fraction of sp³-hybridized carbons (Fsp3) is 0.409. The Morgan fingerprint density at radius 2 is 1.71 bits per heavy atom. The highest BCUT2D eigenvalue weighted by atomic mass is 19.1. The van der Waals surface area contributed by atoms with Crippen LogP contribution in [-0.2, 0) is 11.2 Å². The van der Waals surface area contributed by atoms with Gasteiger partial charge in [-0.05, 0) is 55.3 Å². The molecular weight excluding hydrogens is 357 g/mol. The van der Waals surface area contributed by atoms with Gasteiger partial charge in [-0.2, -0.15) is 0 Å². The van der Waals surface area contributed by atoms with Crippen molar-refractivity contribution < 1.29 is 13.9 Å². The summed E-state index contributed by atoms with van der Waals surface area (Å²) >= 11 is 0. The highest BCUT2D eigenvalue weighted by Gasteiger charge is 2.25. The first-order chi connectivity index (χ1) is 13.6. The summed E-state index contributed by atoms with van der Waals surface area (Å²) in [4.78, 5) is 17.0. The number of halogens is 1. The van der Waals surface area contributed by atoms with Gasteiger partial charge in [0.05, 0.1) is 13.2 Å². The second kappa shape index (κ2) is 9.55. The van der Waals surface area contributed by atoms with Gasteiger partial charge in [0.25, 0.3) is 0 Å². The minimum atomic E-state index is -0.241. The normalized spacial score (nSPS) is 15.9. The number of methoxy groups -OCH3 is 1. The number of nitrogens with one attached hydrogen (secondary N) is 1. The van der Waals surface area contributed by atoms with Crippen molar-refractivity contribution in [3.63, 3.8) is 0 Å². The summed E-state index contributed by atoms with van der Waals surface area (Å²) in [5.74, 6) is 0.656. The molecule has 1 amide bonds. The SMILES string of the molecule is COc1ccc(N2CCN([C@@H](C)C(=O)NCCc3ccc(F)cc3)CC2)cc1. The summed E-state index contributed by atoms with van der Waals surface area (Å²) < 4.78 is 18.1. The van der Waals surface area contributed by atoms with E-state index in [1.807, 2.05) is 19.1 Å². The maximum Gasteiger partial charge on any atom is 0.237 e. The first-order valence-corrected chi connectivity index (χ1v) is 9.72. The smallest absolute Gasteiger partial charge is 0.237 e. The van der Waals surface area contributed by atoms with Crippen LogP contribution in [0.5, 0.6) is 5.75 Å². The first kappa shape index (κ1) is 20.1. The zero-order valence-corrected chi connectivity index (χ0v) is 16.5. The van der Waals surface area contributed by atoms with Gasteiger partial charge in [0, 0.05) is 38.4 Å². The average molecular weight is 385 g/mol. The molecule has 2 aromatic rings. The Kier molecular flexibility index (Phi) is 6.87.